The monoisotopic (exact) mass is 672 g/mol. The summed E-state index contributed by atoms with van der Waals surface area (Å²) in [5, 5.41) is 7.81. The second kappa shape index (κ2) is 11.8. The van der Waals surface area contributed by atoms with E-state index in [0.29, 0.717) is 10.7 Å². The number of aromatic nitrogens is 2. The molecule has 2 amide bonds. The number of amides is 2. The van der Waals surface area contributed by atoms with E-state index in [9.17, 15) is 9.59 Å². The van der Waals surface area contributed by atoms with Gasteiger partial charge in [-0.2, -0.15) is 23.6 Å². The molecule has 32 heavy (non-hydrogen) atoms. The smallest absolute Gasteiger partial charge is 0.253 e. The van der Waals surface area contributed by atoms with Gasteiger partial charge in [0.05, 0.1) is 17.8 Å². The minimum atomic E-state index is -0.317. The summed E-state index contributed by atoms with van der Waals surface area (Å²) in [5.41, 5.74) is 3.55. The number of anilines is 1. The van der Waals surface area contributed by atoms with Gasteiger partial charge in [-0.05, 0) is 12.3 Å². The minimum Gasteiger partial charge on any atom is -0.402 e. The molecule has 1 aliphatic heterocycles. The van der Waals surface area contributed by atoms with E-state index in [1.165, 1.54) is 22.8 Å². The SMILES string of the molecule is C[B]n1ccc(C(=O)NCC(=O)Nc2nc(-c3cccc([C-]4CCOCC4)c3)cs2)c1.[U]. The van der Waals surface area contributed by atoms with Crippen LogP contribution in [0.15, 0.2) is 48.1 Å². The van der Waals surface area contributed by atoms with E-state index < -0.39 is 0 Å². The van der Waals surface area contributed by atoms with Crippen LogP contribution in [0.25, 0.3) is 11.3 Å². The van der Waals surface area contributed by atoms with Crippen molar-refractivity contribution >= 4 is 35.7 Å². The third-order valence-corrected chi connectivity index (χ3v) is 5.86. The van der Waals surface area contributed by atoms with Gasteiger partial charge in [0.15, 0.2) is 5.13 Å². The van der Waals surface area contributed by atoms with E-state index in [-0.39, 0.29) is 49.5 Å². The Bertz CT molecular complexity index is 1060. The van der Waals surface area contributed by atoms with E-state index in [2.05, 4.69) is 27.8 Å². The minimum absolute atomic E-state index is 0. The molecule has 2 aromatic heterocycles. The Morgan fingerprint density at radius 3 is 2.84 bits per heavy atom. The van der Waals surface area contributed by atoms with E-state index in [1.807, 2.05) is 31.8 Å². The first kappa shape index (κ1) is 24.7. The quantitative estimate of drug-likeness (QED) is 0.299. The molecule has 7 nitrogen and oxygen atoms in total. The van der Waals surface area contributed by atoms with Crippen molar-refractivity contribution in [1.29, 1.82) is 0 Å². The molecule has 0 spiro atoms. The summed E-state index contributed by atoms with van der Waals surface area (Å²) in [5.74, 6) is 0.792. The first-order valence-corrected chi connectivity index (χ1v) is 11.0. The number of benzene rings is 1. The first-order chi connectivity index (χ1) is 15.1. The van der Waals surface area contributed by atoms with Crippen molar-refractivity contribution in [3.05, 3.63) is 65.2 Å². The summed E-state index contributed by atoms with van der Waals surface area (Å²) in [6, 6.07) is 10.0. The molecule has 10 heteroatoms. The van der Waals surface area contributed by atoms with Crippen LogP contribution in [0.5, 0.6) is 0 Å². The standard InChI is InChI=1S/C22H23BN4O3S.U/c1-23-27-8-5-18(13-27)21(29)24-12-20(28)26-22-25-19(14-31-22)17-4-2-3-16(11-17)15-6-9-30-10-7-15;/h2-5,8,11,13-14H,6-7,9-10,12H2,1H3,(H,24,29)(H,25,26,28);/q-1;. The molecule has 1 aromatic carbocycles. The van der Waals surface area contributed by atoms with Crippen LogP contribution < -0.4 is 10.6 Å². The normalized spacial score (nSPS) is 13.2. The predicted molar refractivity (Wildman–Crippen MR) is 122 cm³/mol. The molecule has 1 saturated heterocycles. The van der Waals surface area contributed by atoms with E-state index in [0.717, 1.165) is 37.3 Å². The van der Waals surface area contributed by atoms with Gasteiger partial charge in [-0.15, -0.1) is 17.4 Å². The van der Waals surface area contributed by atoms with Crippen molar-refractivity contribution in [3.8, 4) is 11.3 Å². The van der Waals surface area contributed by atoms with E-state index >= 15 is 0 Å². The molecular weight excluding hydrogens is 649 g/mol. The van der Waals surface area contributed by atoms with Gasteiger partial charge in [-0.3, -0.25) is 9.59 Å². The summed E-state index contributed by atoms with van der Waals surface area (Å²) in [6.45, 7) is 3.29. The average molecular weight is 672 g/mol. The molecule has 4 rings (SSSR count). The number of carbonyl (C=O) groups excluding carboxylic acids is 2. The van der Waals surface area contributed by atoms with Crippen LogP contribution >= 0.6 is 11.3 Å². The van der Waals surface area contributed by atoms with Gasteiger partial charge in [-0.1, -0.05) is 31.3 Å². The maximum atomic E-state index is 12.2. The summed E-state index contributed by atoms with van der Waals surface area (Å²) in [7, 11) is 1.83. The van der Waals surface area contributed by atoms with Gasteiger partial charge in [0.25, 0.3) is 5.91 Å². The van der Waals surface area contributed by atoms with Crippen LogP contribution in [0.3, 0.4) is 0 Å². The zero-order valence-electron chi connectivity index (χ0n) is 17.8. The third-order valence-electron chi connectivity index (χ3n) is 5.10. The van der Waals surface area contributed by atoms with Crippen LogP contribution in [0.2, 0.25) is 6.82 Å². The van der Waals surface area contributed by atoms with Gasteiger partial charge in [0.2, 0.25) is 13.3 Å². The average Bonchev–Trinajstić information content (AvgIpc) is 3.48. The van der Waals surface area contributed by atoms with Gasteiger partial charge < -0.3 is 19.8 Å². The van der Waals surface area contributed by atoms with Crippen LogP contribution in [0, 0.1) is 37.0 Å². The number of nitrogens with one attached hydrogen (secondary N) is 2. The van der Waals surface area contributed by atoms with Gasteiger partial charge in [-0.25, -0.2) is 4.98 Å². The van der Waals surface area contributed by atoms with E-state index in [4.69, 9.17) is 4.74 Å². The first-order valence-electron chi connectivity index (χ1n) is 10.2. The maximum Gasteiger partial charge on any atom is 0.253 e. The Balaban J connectivity index is 0.00000289. The molecule has 3 aromatic rings. The largest absolute Gasteiger partial charge is 0.402 e. The zero-order chi connectivity index (χ0) is 21.6. The molecule has 0 aliphatic carbocycles. The molecule has 0 bridgehead atoms. The van der Waals surface area contributed by atoms with Crippen molar-refractivity contribution in [2.24, 2.45) is 0 Å². The molecule has 1 radical (unpaired) electrons. The zero-order valence-corrected chi connectivity index (χ0v) is 22.7. The van der Waals surface area contributed by atoms with Crippen LogP contribution in [-0.2, 0) is 9.53 Å². The molecule has 1 aliphatic rings. The number of rotatable bonds is 7. The van der Waals surface area contributed by atoms with Crippen LogP contribution in [-0.4, -0.2) is 48.4 Å². The fraction of sp³-hybridized carbons (Fsp3) is 0.273. The second-order valence-electron chi connectivity index (χ2n) is 7.17. The molecule has 3 heterocycles. The van der Waals surface area contributed by atoms with Gasteiger partial charge in [0, 0.05) is 55.9 Å². The van der Waals surface area contributed by atoms with Crippen LogP contribution in [0.4, 0.5) is 5.13 Å². The summed E-state index contributed by atoms with van der Waals surface area (Å²) < 4.78 is 7.22. The molecule has 0 unspecified atom stereocenters. The van der Waals surface area contributed by atoms with Crippen molar-refractivity contribution in [2.75, 3.05) is 25.1 Å². The Morgan fingerprint density at radius 2 is 2.09 bits per heavy atom. The molecule has 1 fully saturated rings. The molecule has 0 saturated carbocycles. The molecule has 163 valence electrons. The van der Waals surface area contributed by atoms with Gasteiger partial charge >= 0.3 is 0 Å². The second-order valence-corrected chi connectivity index (χ2v) is 8.03. The molecular formula is C22H23BN4O3SU-. The Morgan fingerprint density at radius 1 is 1.28 bits per heavy atom. The van der Waals surface area contributed by atoms with Crippen molar-refractivity contribution < 1.29 is 45.4 Å². The summed E-state index contributed by atoms with van der Waals surface area (Å²) >= 11 is 1.36. The number of thiazole rings is 1. The van der Waals surface area contributed by atoms with Crippen molar-refractivity contribution in [2.45, 2.75) is 19.7 Å². The molecule has 2 N–H and O–H groups in total. The van der Waals surface area contributed by atoms with Crippen molar-refractivity contribution in [3.63, 3.8) is 0 Å². The summed E-state index contributed by atoms with van der Waals surface area (Å²) in [6.07, 6.45) is 5.39. The Kier molecular flexibility index (Phi) is 9.06. The predicted octanol–water partition coefficient (Wildman–Crippen LogP) is 3.23. The Hall–Kier alpha value is -1.98. The fourth-order valence-corrected chi connectivity index (χ4v) is 4.14. The number of hydrogen-bond acceptors (Lipinski definition) is 5. The topological polar surface area (TPSA) is 85.3 Å². The van der Waals surface area contributed by atoms with Crippen molar-refractivity contribution in [1.82, 2.24) is 14.8 Å². The Labute approximate surface area is 216 Å². The van der Waals surface area contributed by atoms with E-state index in [1.54, 1.807) is 22.9 Å². The third kappa shape index (κ3) is 6.29. The number of carbonyl (C=O) groups is 2. The van der Waals surface area contributed by atoms with Crippen LogP contribution in [0.1, 0.15) is 28.8 Å². The number of hydrogen-bond donors (Lipinski definition) is 2. The fourth-order valence-electron chi connectivity index (χ4n) is 3.40. The maximum absolute atomic E-state index is 12.2. The van der Waals surface area contributed by atoms with Gasteiger partial charge in [0.1, 0.15) is 0 Å². The number of nitrogens with zero attached hydrogens (tertiary/aromatic N) is 2. The summed E-state index contributed by atoms with van der Waals surface area (Å²) in [4.78, 5) is 28.9. The number of ether oxygens (including phenoxy) is 1. The molecule has 0 atom stereocenters.